The van der Waals surface area contributed by atoms with Crippen molar-refractivity contribution in [2.45, 2.75) is 50.7 Å². The summed E-state index contributed by atoms with van der Waals surface area (Å²) in [5.41, 5.74) is 6.37. The molecule has 0 aromatic heterocycles. The van der Waals surface area contributed by atoms with Gasteiger partial charge in [-0.1, -0.05) is 27.7 Å². The second-order valence-corrected chi connectivity index (χ2v) is 13.7. The molecule has 0 aliphatic carbocycles. The lowest BCUT2D eigenvalue weighted by atomic mass is 10.2. The van der Waals surface area contributed by atoms with Gasteiger partial charge in [-0.25, -0.2) is 8.93 Å². The summed E-state index contributed by atoms with van der Waals surface area (Å²) in [4.78, 5) is 0.707. The van der Waals surface area contributed by atoms with Crippen molar-refractivity contribution in [3.05, 3.63) is 24.3 Å². The molecule has 0 spiro atoms. The van der Waals surface area contributed by atoms with Crippen LogP contribution >= 0.6 is 0 Å². The Morgan fingerprint density at radius 2 is 1.75 bits per heavy atom. The maximum atomic E-state index is 13.3. The van der Waals surface area contributed by atoms with Crippen molar-refractivity contribution in [1.82, 2.24) is 4.72 Å². The van der Waals surface area contributed by atoms with Gasteiger partial charge in [-0.3, -0.25) is 4.03 Å². The highest BCUT2D eigenvalue weighted by atomic mass is 32.2. The van der Waals surface area contributed by atoms with Crippen LogP contribution in [-0.4, -0.2) is 19.0 Å². The van der Waals surface area contributed by atoms with Crippen LogP contribution < -0.4 is 10.5 Å². The van der Waals surface area contributed by atoms with E-state index in [0.717, 1.165) is 0 Å². The normalized spacial score (nSPS) is 15.7. The van der Waals surface area contributed by atoms with E-state index >= 15 is 0 Å². The summed E-state index contributed by atoms with van der Waals surface area (Å²) in [6, 6.07) is 7.15. The second-order valence-electron chi connectivity index (χ2n) is 6.49. The fourth-order valence-corrected chi connectivity index (χ4v) is 6.88. The molecule has 0 aliphatic heterocycles. The Labute approximate surface area is 124 Å². The van der Waals surface area contributed by atoms with Crippen LogP contribution in [0.25, 0.3) is 0 Å². The minimum absolute atomic E-state index is 0.0545. The molecule has 0 fully saturated rings. The Balaban J connectivity index is 3.43. The first-order valence-corrected chi connectivity index (χ1v) is 11.4. The number of nitrogen functional groups attached to an aromatic ring is 1. The van der Waals surface area contributed by atoms with Crippen molar-refractivity contribution < 1.29 is 4.21 Å². The number of anilines is 1. The third kappa shape index (κ3) is 3.83. The van der Waals surface area contributed by atoms with Crippen LogP contribution in [0.15, 0.2) is 33.2 Å². The van der Waals surface area contributed by atoms with Crippen LogP contribution in [0, 0.1) is 0 Å². The summed E-state index contributed by atoms with van der Waals surface area (Å²) >= 11 is 0. The van der Waals surface area contributed by atoms with E-state index in [1.807, 2.05) is 6.92 Å². The van der Waals surface area contributed by atoms with Gasteiger partial charge in [-0.15, -0.1) is 0 Å². The molecule has 1 aromatic carbocycles. The van der Waals surface area contributed by atoms with E-state index in [0.29, 0.717) is 17.1 Å². The van der Waals surface area contributed by atoms with Gasteiger partial charge in [0.2, 0.25) is 0 Å². The molecule has 0 saturated heterocycles. The number of nitrogens with zero attached hydrogens (tertiary/aromatic N) is 1. The molecule has 1 atom stereocenters. The molecule has 6 heteroatoms. The van der Waals surface area contributed by atoms with Crippen LogP contribution in [0.4, 0.5) is 5.69 Å². The van der Waals surface area contributed by atoms with E-state index in [9.17, 15) is 4.21 Å². The van der Waals surface area contributed by atoms with E-state index in [1.165, 1.54) is 0 Å². The van der Waals surface area contributed by atoms with Gasteiger partial charge >= 0.3 is 0 Å². The van der Waals surface area contributed by atoms with Gasteiger partial charge < -0.3 is 5.73 Å². The van der Waals surface area contributed by atoms with E-state index in [2.05, 4.69) is 38.6 Å². The van der Waals surface area contributed by atoms with Crippen LogP contribution in [0.1, 0.15) is 27.7 Å². The molecule has 3 N–H and O–H groups in total. The molecule has 114 valence electrons. The maximum Gasteiger partial charge on any atom is 0.195 e. The third-order valence-corrected chi connectivity index (χ3v) is 11.8. The van der Waals surface area contributed by atoms with Crippen molar-refractivity contribution in [3.63, 3.8) is 0 Å². The molecule has 1 aromatic rings. The molecule has 0 radical (unpaired) electrons. The first kappa shape index (κ1) is 17.2. The number of rotatable bonds is 4. The average molecular weight is 314 g/mol. The van der Waals surface area contributed by atoms with E-state index in [-0.39, 0.29) is 5.04 Å². The zero-order valence-corrected chi connectivity index (χ0v) is 15.2. The van der Waals surface area contributed by atoms with Crippen LogP contribution in [0.3, 0.4) is 0 Å². The van der Waals surface area contributed by atoms with Crippen molar-refractivity contribution in [1.29, 1.82) is 0 Å². The highest BCUT2D eigenvalue weighted by Crippen LogP contribution is 2.38. The van der Waals surface area contributed by atoms with Gasteiger partial charge in [0.1, 0.15) is 9.92 Å². The number of hydrogen-bond donors (Lipinski definition) is 2. The SMILES string of the molecule is CCN[S@@](=O)(=N[Si](C)(C)C(C)(C)C)c1ccc(N)cc1. The van der Waals surface area contributed by atoms with Crippen molar-refractivity contribution >= 4 is 23.8 Å². The van der Waals surface area contributed by atoms with Crippen LogP contribution in [0.2, 0.25) is 18.1 Å². The fourth-order valence-electron chi connectivity index (χ4n) is 1.47. The van der Waals surface area contributed by atoms with E-state index < -0.39 is 18.2 Å². The number of hydrogen-bond acceptors (Lipinski definition) is 3. The van der Waals surface area contributed by atoms with Gasteiger partial charge in [-0.05, 0) is 42.4 Å². The summed E-state index contributed by atoms with van der Waals surface area (Å²) in [6.45, 7) is 13.4. The zero-order chi connectivity index (χ0) is 15.6. The van der Waals surface area contributed by atoms with Gasteiger partial charge in [0.25, 0.3) is 0 Å². The molecule has 0 bridgehead atoms. The van der Waals surface area contributed by atoms with E-state index in [4.69, 9.17) is 9.76 Å². The number of benzene rings is 1. The Hall–Kier alpha value is -0.853. The topological polar surface area (TPSA) is 67.5 Å². The average Bonchev–Trinajstić information content (AvgIpc) is 2.27. The highest BCUT2D eigenvalue weighted by molar-refractivity contribution is 7.92. The molecule has 0 heterocycles. The van der Waals surface area contributed by atoms with Gasteiger partial charge in [0.15, 0.2) is 8.24 Å². The van der Waals surface area contributed by atoms with Crippen molar-refractivity contribution in [2.24, 2.45) is 4.03 Å². The Morgan fingerprint density at radius 3 is 2.15 bits per heavy atom. The molecule has 0 amide bonds. The molecule has 4 nitrogen and oxygen atoms in total. The molecular weight excluding hydrogens is 286 g/mol. The lowest BCUT2D eigenvalue weighted by Crippen LogP contribution is -2.38. The van der Waals surface area contributed by atoms with Crippen molar-refractivity contribution in [3.8, 4) is 0 Å². The highest BCUT2D eigenvalue weighted by Gasteiger charge is 2.37. The summed E-state index contributed by atoms with van der Waals surface area (Å²) in [6.07, 6.45) is 0. The number of nitrogens with one attached hydrogen (secondary N) is 1. The lowest BCUT2D eigenvalue weighted by molar-refractivity contribution is 0.665. The maximum absolute atomic E-state index is 13.3. The predicted molar refractivity (Wildman–Crippen MR) is 90.6 cm³/mol. The Kier molecular flexibility index (Phi) is 5.05. The van der Waals surface area contributed by atoms with Crippen molar-refractivity contribution in [2.75, 3.05) is 12.3 Å². The van der Waals surface area contributed by atoms with Gasteiger partial charge in [0, 0.05) is 12.2 Å². The largest absolute Gasteiger partial charge is 0.399 e. The van der Waals surface area contributed by atoms with E-state index in [1.54, 1.807) is 24.3 Å². The van der Waals surface area contributed by atoms with Gasteiger partial charge in [0.05, 0.1) is 4.90 Å². The molecule has 20 heavy (non-hydrogen) atoms. The lowest BCUT2D eigenvalue weighted by Gasteiger charge is -2.33. The summed E-state index contributed by atoms with van der Waals surface area (Å²) in [7, 11) is -4.61. The Morgan fingerprint density at radius 1 is 1.25 bits per heavy atom. The molecule has 0 unspecified atom stereocenters. The first-order chi connectivity index (χ1) is 9.02. The monoisotopic (exact) mass is 313 g/mol. The summed E-state index contributed by atoms with van der Waals surface area (Å²) in [5, 5.41) is 0.0545. The van der Waals surface area contributed by atoms with Gasteiger partial charge in [-0.2, -0.15) is 0 Å². The first-order valence-electron chi connectivity index (χ1n) is 6.90. The van der Waals surface area contributed by atoms with Crippen LogP contribution in [-0.2, 0) is 9.92 Å². The predicted octanol–water partition coefficient (Wildman–Crippen LogP) is 3.63. The molecule has 0 saturated carbocycles. The minimum Gasteiger partial charge on any atom is -0.399 e. The summed E-state index contributed by atoms with van der Waals surface area (Å²) in [5.74, 6) is 0. The quantitative estimate of drug-likeness (QED) is 0.658. The summed E-state index contributed by atoms with van der Waals surface area (Å²) < 4.78 is 21.2. The van der Waals surface area contributed by atoms with Crippen LogP contribution in [0.5, 0.6) is 0 Å². The standard InChI is InChI=1S/C14H27N3OSSi/c1-7-16-19(18,13-10-8-12(15)9-11-13)17-20(5,6)14(2,3)4/h8-11H,7,15H2,1-6H3,(H,16,17,18)/t19-/m1/s1. The fraction of sp³-hybridized carbons (Fsp3) is 0.571. The molecule has 1 rings (SSSR count). The zero-order valence-electron chi connectivity index (χ0n) is 13.4. The third-order valence-electron chi connectivity index (χ3n) is 3.73. The minimum atomic E-state index is -2.59. The second kappa shape index (κ2) is 5.87. The molecule has 0 aliphatic rings. The Bertz CT molecular complexity index is 567. The smallest absolute Gasteiger partial charge is 0.195 e. The molecular formula is C14H27N3OSSi. The number of nitrogens with two attached hydrogens (primary N) is 1.